The zero-order chi connectivity index (χ0) is 15.2. The number of hydrogen-bond acceptors (Lipinski definition) is 4. The van der Waals surface area contributed by atoms with Crippen LogP contribution < -0.4 is 9.47 Å². The summed E-state index contributed by atoms with van der Waals surface area (Å²) in [5.74, 6) is 0.580. The molecule has 0 aliphatic rings. The van der Waals surface area contributed by atoms with Crippen LogP contribution >= 0.6 is 11.3 Å². The van der Waals surface area contributed by atoms with Gasteiger partial charge >= 0.3 is 5.97 Å². The summed E-state index contributed by atoms with van der Waals surface area (Å²) in [6, 6.07) is 7.66. The first-order valence-corrected chi connectivity index (χ1v) is 7.59. The highest BCUT2D eigenvalue weighted by atomic mass is 32.1. The van der Waals surface area contributed by atoms with Crippen molar-refractivity contribution in [3.63, 3.8) is 0 Å². The fourth-order valence-electron chi connectivity index (χ4n) is 1.80. The predicted octanol–water partition coefficient (Wildman–Crippen LogP) is 3.91. The van der Waals surface area contributed by atoms with E-state index >= 15 is 0 Å². The van der Waals surface area contributed by atoms with Gasteiger partial charge in [0.05, 0.1) is 13.2 Å². The van der Waals surface area contributed by atoms with E-state index < -0.39 is 5.97 Å². The summed E-state index contributed by atoms with van der Waals surface area (Å²) in [7, 11) is 0. The maximum Gasteiger partial charge on any atom is 0.346 e. The van der Waals surface area contributed by atoms with Gasteiger partial charge in [-0.1, -0.05) is 12.1 Å². The van der Waals surface area contributed by atoms with Crippen LogP contribution in [0.5, 0.6) is 11.5 Å². The Kier molecular flexibility index (Phi) is 5.22. The topological polar surface area (TPSA) is 55.8 Å². The number of carboxylic acid groups (broad SMARTS) is 1. The quantitative estimate of drug-likeness (QED) is 0.788. The van der Waals surface area contributed by atoms with Gasteiger partial charge in [-0.2, -0.15) is 0 Å². The van der Waals surface area contributed by atoms with Crippen LogP contribution in [0.15, 0.2) is 29.6 Å². The van der Waals surface area contributed by atoms with Crippen LogP contribution in [0.3, 0.4) is 0 Å². The number of carbonyl (C=O) groups is 1. The second kappa shape index (κ2) is 7.13. The predicted molar refractivity (Wildman–Crippen MR) is 82.8 cm³/mol. The molecule has 0 atom stereocenters. The third-order valence-electron chi connectivity index (χ3n) is 2.94. The number of thiophene rings is 1. The third-order valence-corrected chi connectivity index (χ3v) is 3.84. The van der Waals surface area contributed by atoms with E-state index in [0.29, 0.717) is 19.0 Å². The fourth-order valence-corrected chi connectivity index (χ4v) is 2.46. The molecule has 0 aliphatic carbocycles. The van der Waals surface area contributed by atoms with Crippen LogP contribution in [0.2, 0.25) is 0 Å². The third kappa shape index (κ3) is 4.49. The summed E-state index contributed by atoms with van der Waals surface area (Å²) in [6.07, 6.45) is 0.742. The number of aryl methyl sites for hydroxylation is 2. The zero-order valence-corrected chi connectivity index (χ0v) is 12.9. The molecule has 0 fully saturated rings. The van der Waals surface area contributed by atoms with Gasteiger partial charge in [-0.25, -0.2) is 4.79 Å². The van der Waals surface area contributed by atoms with Gasteiger partial charge in [0.2, 0.25) is 0 Å². The lowest BCUT2D eigenvalue weighted by molar-refractivity contribution is 0.0702. The van der Waals surface area contributed by atoms with E-state index in [9.17, 15) is 4.79 Å². The van der Waals surface area contributed by atoms with Crippen LogP contribution in [-0.4, -0.2) is 24.3 Å². The molecule has 0 spiro atoms. The molecule has 0 aliphatic heterocycles. The first kappa shape index (κ1) is 15.4. The van der Waals surface area contributed by atoms with Gasteiger partial charge in [-0.3, -0.25) is 0 Å². The van der Waals surface area contributed by atoms with Gasteiger partial charge in [-0.05, 0) is 31.0 Å². The molecule has 5 heteroatoms. The van der Waals surface area contributed by atoms with Gasteiger partial charge in [0, 0.05) is 17.9 Å². The molecule has 2 rings (SSSR count). The van der Waals surface area contributed by atoms with E-state index in [4.69, 9.17) is 14.6 Å². The van der Waals surface area contributed by atoms with Crippen molar-refractivity contribution in [1.29, 1.82) is 0 Å². The molecule has 1 N–H and O–H groups in total. The molecule has 112 valence electrons. The Balaban J connectivity index is 1.72. The second-order valence-electron chi connectivity index (χ2n) is 4.77. The lowest BCUT2D eigenvalue weighted by atomic mass is 10.1. The fraction of sp³-hybridized carbons (Fsp3) is 0.312. The van der Waals surface area contributed by atoms with Gasteiger partial charge in [0.1, 0.15) is 16.4 Å². The van der Waals surface area contributed by atoms with Gasteiger partial charge in [0.25, 0.3) is 0 Å². The van der Waals surface area contributed by atoms with Crippen molar-refractivity contribution in [2.75, 3.05) is 13.2 Å². The number of ether oxygens (including phenoxy) is 2. The van der Waals surface area contributed by atoms with Crippen molar-refractivity contribution in [3.05, 3.63) is 45.6 Å². The summed E-state index contributed by atoms with van der Waals surface area (Å²) in [6.45, 7) is 5.12. The summed E-state index contributed by atoms with van der Waals surface area (Å²) >= 11 is 1.17. The Bertz CT molecular complexity index is 618. The summed E-state index contributed by atoms with van der Waals surface area (Å²) in [5, 5.41) is 10.5. The molecule has 0 saturated carbocycles. The Hall–Kier alpha value is -2.01. The van der Waals surface area contributed by atoms with Gasteiger partial charge in [-0.15, -0.1) is 11.3 Å². The molecule has 2 aromatic rings. The Morgan fingerprint density at radius 3 is 2.67 bits per heavy atom. The monoisotopic (exact) mass is 306 g/mol. The van der Waals surface area contributed by atoms with Crippen molar-refractivity contribution in [2.45, 2.75) is 20.3 Å². The van der Waals surface area contributed by atoms with E-state index in [1.807, 2.05) is 26.0 Å². The highest BCUT2D eigenvalue weighted by molar-refractivity contribution is 7.12. The van der Waals surface area contributed by atoms with Crippen LogP contribution in [0, 0.1) is 13.8 Å². The Morgan fingerprint density at radius 1 is 1.19 bits per heavy atom. The Labute approximate surface area is 128 Å². The molecular formula is C16H18O4S. The standard InChI is InChI=1S/C16H18O4S/c1-11-4-5-12(2)14(8-11)20-7-3-6-19-13-9-15(16(17)18)21-10-13/h4-5,8-10H,3,6-7H2,1-2H3,(H,17,18). The smallest absolute Gasteiger partial charge is 0.346 e. The Morgan fingerprint density at radius 2 is 1.95 bits per heavy atom. The van der Waals surface area contributed by atoms with Crippen molar-refractivity contribution < 1.29 is 19.4 Å². The van der Waals surface area contributed by atoms with Crippen molar-refractivity contribution >= 4 is 17.3 Å². The molecule has 0 saturated heterocycles. The molecule has 4 nitrogen and oxygen atoms in total. The first-order valence-electron chi connectivity index (χ1n) is 6.71. The number of aromatic carboxylic acids is 1. The van der Waals surface area contributed by atoms with Crippen molar-refractivity contribution in [3.8, 4) is 11.5 Å². The molecule has 0 radical (unpaired) electrons. The summed E-state index contributed by atoms with van der Waals surface area (Å²) in [5.41, 5.74) is 2.29. The van der Waals surface area contributed by atoms with Crippen LogP contribution in [-0.2, 0) is 0 Å². The molecule has 1 heterocycles. The minimum absolute atomic E-state index is 0.289. The molecule has 1 aromatic carbocycles. The summed E-state index contributed by atoms with van der Waals surface area (Å²) in [4.78, 5) is 11.0. The van der Waals surface area contributed by atoms with Crippen molar-refractivity contribution in [1.82, 2.24) is 0 Å². The normalized spacial score (nSPS) is 10.4. The maximum absolute atomic E-state index is 10.7. The minimum atomic E-state index is -0.923. The highest BCUT2D eigenvalue weighted by Gasteiger charge is 2.07. The lowest BCUT2D eigenvalue weighted by Crippen LogP contribution is -2.05. The molecule has 21 heavy (non-hydrogen) atoms. The number of hydrogen-bond donors (Lipinski definition) is 1. The number of benzene rings is 1. The number of rotatable bonds is 7. The molecule has 0 bridgehead atoms. The van der Waals surface area contributed by atoms with Crippen LogP contribution in [0.4, 0.5) is 0 Å². The molecule has 1 aromatic heterocycles. The zero-order valence-electron chi connectivity index (χ0n) is 12.1. The maximum atomic E-state index is 10.7. The molecule has 0 unspecified atom stereocenters. The highest BCUT2D eigenvalue weighted by Crippen LogP contribution is 2.22. The van der Waals surface area contributed by atoms with Gasteiger partial charge in [0.15, 0.2) is 0 Å². The molecular weight excluding hydrogens is 288 g/mol. The number of carboxylic acids is 1. The van der Waals surface area contributed by atoms with E-state index in [2.05, 4.69) is 6.07 Å². The molecule has 0 amide bonds. The average molecular weight is 306 g/mol. The second-order valence-corrected chi connectivity index (χ2v) is 5.68. The average Bonchev–Trinajstić information content (AvgIpc) is 2.91. The van der Waals surface area contributed by atoms with E-state index in [0.717, 1.165) is 17.7 Å². The largest absolute Gasteiger partial charge is 0.493 e. The summed E-state index contributed by atoms with van der Waals surface area (Å²) < 4.78 is 11.2. The van der Waals surface area contributed by atoms with Crippen molar-refractivity contribution in [2.24, 2.45) is 0 Å². The SMILES string of the molecule is Cc1ccc(C)c(OCCCOc2csc(C(=O)O)c2)c1. The van der Waals surface area contributed by atoms with E-state index in [1.54, 1.807) is 11.4 Å². The van der Waals surface area contributed by atoms with E-state index in [1.165, 1.54) is 16.9 Å². The van der Waals surface area contributed by atoms with Gasteiger partial charge < -0.3 is 14.6 Å². The first-order chi connectivity index (χ1) is 10.1. The van der Waals surface area contributed by atoms with Crippen LogP contribution in [0.25, 0.3) is 0 Å². The lowest BCUT2D eigenvalue weighted by Gasteiger charge is -2.10. The minimum Gasteiger partial charge on any atom is -0.493 e. The van der Waals surface area contributed by atoms with E-state index in [-0.39, 0.29) is 4.88 Å². The van der Waals surface area contributed by atoms with Crippen LogP contribution in [0.1, 0.15) is 27.2 Å².